The number of carbonyl (C=O) groups excluding carboxylic acids is 1. The van der Waals surface area contributed by atoms with E-state index in [9.17, 15) is 9.18 Å². The first-order valence-corrected chi connectivity index (χ1v) is 7.85. The van der Waals surface area contributed by atoms with Crippen LogP contribution in [0.4, 0.5) is 4.39 Å². The largest absolute Gasteiger partial charge is 0.345 e. The van der Waals surface area contributed by atoms with Gasteiger partial charge in [-0.15, -0.1) is 0 Å². The minimum absolute atomic E-state index is 0.294. The normalized spacial score (nSPS) is 11.4. The number of halogens is 4. The van der Waals surface area contributed by atoms with Crippen LogP contribution in [-0.4, -0.2) is 22.1 Å². The van der Waals surface area contributed by atoms with Gasteiger partial charge in [-0.3, -0.25) is 4.79 Å². The zero-order chi connectivity index (χ0) is 13.1. The second kappa shape index (κ2) is 6.29. The Balaban J connectivity index is 2.86. The second-order valence-electron chi connectivity index (χ2n) is 3.91. The topological polar surface area (TPSA) is 29.1 Å². The molecule has 0 aliphatic carbocycles. The number of alkyl halides is 2. The van der Waals surface area contributed by atoms with Gasteiger partial charge in [-0.25, -0.2) is 4.39 Å². The van der Waals surface area contributed by atoms with Crippen molar-refractivity contribution in [3.63, 3.8) is 0 Å². The molecule has 0 aromatic heterocycles. The zero-order valence-electron chi connectivity index (χ0n) is 9.07. The van der Waals surface area contributed by atoms with Crippen molar-refractivity contribution in [1.82, 2.24) is 5.32 Å². The summed E-state index contributed by atoms with van der Waals surface area (Å²) in [5, 5.41) is 4.06. The molecule has 1 amide bonds. The summed E-state index contributed by atoms with van der Waals surface area (Å²) in [6.07, 6.45) is 0. The Kier molecular flexibility index (Phi) is 5.60. The van der Waals surface area contributed by atoms with Crippen molar-refractivity contribution in [3.8, 4) is 0 Å². The van der Waals surface area contributed by atoms with E-state index in [1.54, 1.807) is 6.07 Å². The van der Waals surface area contributed by atoms with Crippen molar-refractivity contribution < 1.29 is 9.18 Å². The number of hydrogen-bond donors (Lipinski definition) is 1. The summed E-state index contributed by atoms with van der Waals surface area (Å²) < 4.78 is 13.6. The van der Waals surface area contributed by atoms with Gasteiger partial charge in [0, 0.05) is 16.2 Å². The molecule has 0 aliphatic rings. The molecule has 0 atom stereocenters. The first-order chi connectivity index (χ1) is 7.91. The van der Waals surface area contributed by atoms with E-state index in [2.05, 4.69) is 53.1 Å². The quantitative estimate of drug-likeness (QED) is 0.720. The third-order valence-electron chi connectivity index (χ3n) is 2.19. The maximum Gasteiger partial charge on any atom is 0.251 e. The minimum Gasteiger partial charge on any atom is -0.345 e. The fourth-order valence-electron chi connectivity index (χ4n) is 1.09. The molecule has 1 aromatic carbocycles. The maximum absolute atomic E-state index is 13.3. The van der Waals surface area contributed by atoms with E-state index in [0.717, 1.165) is 0 Å². The van der Waals surface area contributed by atoms with Gasteiger partial charge in [0.1, 0.15) is 5.82 Å². The van der Waals surface area contributed by atoms with E-state index in [4.69, 9.17) is 0 Å². The van der Waals surface area contributed by atoms with Gasteiger partial charge in [-0.2, -0.15) is 0 Å². The van der Waals surface area contributed by atoms with Crippen molar-refractivity contribution in [3.05, 3.63) is 34.1 Å². The second-order valence-corrected chi connectivity index (χ2v) is 5.89. The molecule has 6 heteroatoms. The molecule has 0 unspecified atom stereocenters. The lowest BCUT2D eigenvalue weighted by Gasteiger charge is -2.26. The Morgan fingerprint density at radius 1 is 1.41 bits per heavy atom. The van der Waals surface area contributed by atoms with Gasteiger partial charge in [-0.05, 0) is 41.1 Å². The van der Waals surface area contributed by atoms with Gasteiger partial charge >= 0.3 is 0 Å². The molecule has 0 spiro atoms. The van der Waals surface area contributed by atoms with Crippen LogP contribution in [0.2, 0.25) is 0 Å². The Labute approximate surface area is 125 Å². The van der Waals surface area contributed by atoms with Crippen LogP contribution < -0.4 is 5.32 Å². The van der Waals surface area contributed by atoms with Crippen LogP contribution in [0.5, 0.6) is 0 Å². The Hall–Kier alpha value is 0.0600. The van der Waals surface area contributed by atoms with E-state index in [-0.39, 0.29) is 5.91 Å². The Morgan fingerprint density at radius 2 is 2.00 bits per heavy atom. The van der Waals surface area contributed by atoms with Crippen molar-refractivity contribution in [1.29, 1.82) is 0 Å². The van der Waals surface area contributed by atoms with E-state index in [1.165, 1.54) is 12.1 Å². The van der Waals surface area contributed by atoms with Crippen LogP contribution in [0.3, 0.4) is 0 Å². The molecular weight excluding hydrogens is 421 g/mol. The standard InChI is InChI=1S/C11H11Br3FNO/c1-11(5-12,6-13)16-10(17)7-2-3-8(14)9(15)4-7/h2-4H,5-6H2,1H3,(H,16,17). The fourth-order valence-corrected chi connectivity index (χ4v) is 2.54. The number of hydrogen-bond acceptors (Lipinski definition) is 1. The smallest absolute Gasteiger partial charge is 0.251 e. The predicted octanol–water partition coefficient (Wildman–Crippen LogP) is 3.87. The highest BCUT2D eigenvalue weighted by Gasteiger charge is 2.24. The van der Waals surface area contributed by atoms with Gasteiger partial charge < -0.3 is 5.32 Å². The van der Waals surface area contributed by atoms with Crippen LogP contribution in [0.15, 0.2) is 22.7 Å². The van der Waals surface area contributed by atoms with Crippen LogP contribution in [0.1, 0.15) is 17.3 Å². The molecule has 0 heterocycles. The summed E-state index contributed by atoms with van der Waals surface area (Å²) >= 11 is 9.71. The first kappa shape index (κ1) is 15.1. The highest BCUT2D eigenvalue weighted by atomic mass is 79.9. The van der Waals surface area contributed by atoms with Gasteiger partial charge in [0.25, 0.3) is 5.91 Å². The van der Waals surface area contributed by atoms with Gasteiger partial charge in [0.05, 0.1) is 10.0 Å². The molecule has 17 heavy (non-hydrogen) atoms. The monoisotopic (exact) mass is 429 g/mol. The van der Waals surface area contributed by atoms with E-state index in [1.807, 2.05) is 6.92 Å². The average Bonchev–Trinajstić information content (AvgIpc) is 2.32. The lowest BCUT2D eigenvalue weighted by atomic mass is 10.1. The molecule has 0 saturated heterocycles. The fraction of sp³-hybridized carbons (Fsp3) is 0.364. The predicted molar refractivity (Wildman–Crippen MR) is 77.6 cm³/mol. The molecule has 0 aliphatic heterocycles. The summed E-state index contributed by atoms with van der Waals surface area (Å²) in [7, 11) is 0. The number of rotatable bonds is 4. The SMILES string of the molecule is CC(CBr)(CBr)NC(=O)c1ccc(Br)c(F)c1. The number of nitrogens with one attached hydrogen (secondary N) is 1. The van der Waals surface area contributed by atoms with Gasteiger partial charge in [0.2, 0.25) is 0 Å². The van der Waals surface area contributed by atoms with E-state index < -0.39 is 11.4 Å². The van der Waals surface area contributed by atoms with Crippen LogP contribution in [-0.2, 0) is 0 Å². The van der Waals surface area contributed by atoms with E-state index in [0.29, 0.717) is 20.7 Å². The van der Waals surface area contributed by atoms with Gasteiger partial charge in [0.15, 0.2) is 0 Å². The molecule has 0 fully saturated rings. The van der Waals surface area contributed by atoms with Gasteiger partial charge in [-0.1, -0.05) is 31.9 Å². The van der Waals surface area contributed by atoms with Crippen molar-refractivity contribution in [2.75, 3.05) is 10.7 Å². The van der Waals surface area contributed by atoms with Crippen molar-refractivity contribution in [2.24, 2.45) is 0 Å². The lowest BCUT2D eigenvalue weighted by Crippen LogP contribution is -2.48. The summed E-state index contributed by atoms with van der Waals surface area (Å²) in [5.41, 5.74) is -0.0977. The van der Waals surface area contributed by atoms with Crippen molar-refractivity contribution in [2.45, 2.75) is 12.5 Å². The summed E-state index contributed by atoms with van der Waals surface area (Å²) in [6.45, 7) is 1.89. The number of benzene rings is 1. The van der Waals surface area contributed by atoms with Crippen molar-refractivity contribution >= 4 is 53.7 Å². The third-order valence-corrected chi connectivity index (χ3v) is 5.31. The van der Waals surface area contributed by atoms with E-state index >= 15 is 0 Å². The van der Waals surface area contributed by atoms with Crippen LogP contribution in [0.25, 0.3) is 0 Å². The Bertz CT molecular complexity index is 421. The molecule has 2 nitrogen and oxygen atoms in total. The average molecular weight is 432 g/mol. The zero-order valence-corrected chi connectivity index (χ0v) is 13.8. The maximum atomic E-state index is 13.3. The molecule has 0 bridgehead atoms. The summed E-state index contributed by atoms with van der Waals surface area (Å²) in [5.74, 6) is -0.741. The summed E-state index contributed by atoms with van der Waals surface area (Å²) in [4.78, 5) is 11.9. The Morgan fingerprint density at radius 3 is 2.47 bits per heavy atom. The molecule has 1 aromatic rings. The molecule has 1 rings (SSSR count). The first-order valence-electron chi connectivity index (χ1n) is 4.81. The third kappa shape index (κ3) is 4.03. The highest BCUT2D eigenvalue weighted by Crippen LogP contribution is 2.18. The molecule has 0 radical (unpaired) electrons. The highest BCUT2D eigenvalue weighted by molar-refractivity contribution is 9.10. The summed E-state index contributed by atoms with van der Waals surface area (Å²) in [6, 6.07) is 4.30. The number of carbonyl (C=O) groups is 1. The van der Waals surface area contributed by atoms with Crippen LogP contribution in [0, 0.1) is 5.82 Å². The minimum atomic E-state index is -0.447. The number of amides is 1. The lowest BCUT2D eigenvalue weighted by molar-refractivity contribution is 0.0922. The molecule has 1 N–H and O–H groups in total. The molecule has 94 valence electrons. The molecular formula is C11H11Br3FNO. The molecule has 0 saturated carbocycles. The van der Waals surface area contributed by atoms with Crippen LogP contribution >= 0.6 is 47.8 Å².